The van der Waals surface area contributed by atoms with Gasteiger partial charge in [0.25, 0.3) is 0 Å². The van der Waals surface area contributed by atoms with Crippen molar-refractivity contribution in [3.8, 4) is 0 Å². The second-order valence-electron chi connectivity index (χ2n) is 5.63. The smallest absolute Gasteiger partial charge is 0.243 e. The molecule has 126 valence electrons. The van der Waals surface area contributed by atoms with Crippen LogP contribution < -0.4 is 16.0 Å². The van der Waals surface area contributed by atoms with Crippen LogP contribution in [0.4, 0.5) is 21.5 Å². The first-order valence-corrected chi connectivity index (χ1v) is 7.64. The van der Waals surface area contributed by atoms with Gasteiger partial charge in [-0.1, -0.05) is 19.9 Å². The van der Waals surface area contributed by atoms with Crippen LogP contribution in [0.5, 0.6) is 0 Å². The summed E-state index contributed by atoms with van der Waals surface area (Å²) in [5.41, 5.74) is 1.91. The van der Waals surface area contributed by atoms with E-state index in [-0.39, 0.29) is 30.1 Å². The number of hydrogen-bond acceptors (Lipinski definition) is 3. The predicted molar refractivity (Wildman–Crippen MR) is 93.4 cm³/mol. The molecular formula is C18H20FN3O2. The highest BCUT2D eigenvalue weighted by atomic mass is 19.1. The summed E-state index contributed by atoms with van der Waals surface area (Å²) in [4.78, 5) is 23.6. The zero-order valence-corrected chi connectivity index (χ0v) is 13.6. The van der Waals surface area contributed by atoms with E-state index >= 15 is 0 Å². The fourth-order valence-electron chi connectivity index (χ4n) is 1.91. The van der Waals surface area contributed by atoms with E-state index in [4.69, 9.17) is 0 Å². The Morgan fingerprint density at radius 1 is 0.958 bits per heavy atom. The third-order valence-corrected chi connectivity index (χ3v) is 3.24. The van der Waals surface area contributed by atoms with Crippen molar-refractivity contribution in [1.29, 1.82) is 0 Å². The number of carbonyl (C=O) groups is 2. The highest BCUT2D eigenvalue weighted by Gasteiger charge is 2.08. The van der Waals surface area contributed by atoms with E-state index in [0.717, 1.165) is 0 Å². The Morgan fingerprint density at radius 2 is 1.62 bits per heavy atom. The maximum atomic E-state index is 12.8. The zero-order valence-electron chi connectivity index (χ0n) is 13.6. The molecule has 6 heteroatoms. The predicted octanol–water partition coefficient (Wildman–Crippen LogP) is 3.47. The normalized spacial score (nSPS) is 10.3. The van der Waals surface area contributed by atoms with Gasteiger partial charge < -0.3 is 16.0 Å². The quantitative estimate of drug-likeness (QED) is 0.760. The molecule has 0 saturated heterocycles. The first-order chi connectivity index (χ1) is 11.4. The van der Waals surface area contributed by atoms with E-state index in [2.05, 4.69) is 16.0 Å². The summed E-state index contributed by atoms with van der Waals surface area (Å²) in [6.07, 6.45) is 0. The summed E-state index contributed by atoms with van der Waals surface area (Å²) in [5.74, 6) is -0.783. The van der Waals surface area contributed by atoms with Crippen molar-refractivity contribution in [1.82, 2.24) is 0 Å². The molecular weight excluding hydrogens is 309 g/mol. The second-order valence-corrected chi connectivity index (χ2v) is 5.63. The van der Waals surface area contributed by atoms with Crippen molar-refractivity contribution in [3.63, 3.8) is 0 Å². The minimum absolute atomic E-state index is 0.0545. The standard InChI is InChI=1S/C18H20FN3O2/c1-12(2)18(24)22-16-5-3-4-15(10-16)20-11-17(23)21-14-8-6-13(19)7-9-14/h3-10,12,20H,11H2,1-2H3,(H,21,23)(H,22,24). The molecule has 0 aliphatic carbocycles. The molecule has 3 N–H and O–H groups in total. The molecule has 0 saturated carbocycles. The Kier molecular flexibility index (Phi) is 5.89. The largest absolute Gasteiger partial charge is 0.376 e. The first kappa shape index (κ1) is 17.5. The van der Waals surface area contributed by atoms with Gasteiger partial charge in [-0.2, -0.15) is 0 Å². The molecule has 0 aliphatic rings. The molecule has 2 aromatic carbocycles. The summed E-state index contributed by atoms with van der Waals surface area (Å²) < 4.78 is 12.8. The molecule has 0 unspecified atom stereocenters. The molecule has 2 aromatic rings. The molecule has 2 amide bonds. The van der Waals surface area contributed by atoms with E-state index in [1.165, 1.54) is 24.3 Å². The van der Waals surface area contributed by atoms with Crippen LogP contribution in [-0.2, 0) is 9.59 Å². The van der Waals surface area contributed by atoms with Gasteiger partial charge in [0, 0.05) is 23.0 Å². The van der Waals surface area contributed by atoms with Gasteiger partial charge in [0.1, 0.15) is 5.82 Å². The van der Waals surface area contributed by atoms with Gasteiger partial charge in [-0.05, 0) is 42.5 Å². The third-order valence-electron chi connectivity index (χ3n) is 3.24. The molecule has 5 nitrogen and oxygen atoms in total. The average molecular weight is 329 g/mol. The maximum Gasteiger partial charge on any atom is 0.243 e. The summed E-state index contributed by atoms with van der Waals surface area (Å²) >= 11 is 0. The van der Waals surface area contributed by atoms with Crippen LogP contribution in [0, 0.1) is 11.7 Å². The van der Waals surface area contributed by atoms with E-state index in [9.17, 15) is 14.0 Å². The van der Waals surface area contributed by atoms with Gasteiger partial charge in [0.2, 0.25) is 11.8 Å². The molecule has 2 rings (SSSR count). The van der Waals surface area contributed by atoms with Crippen LogP contribution in [-0.4, -0.2) is 18.4 Å². The second kappa shape index (κ2) is 8.10. The lowest BCUT2D eigenvalue weighted by Crippen LogP contribution is -2.22. The minimum atomic E-state index is -0.355. The molecule has 24 heavy (non-hydrogen) atoms. The van der Waals surface area contributed by atoms with Crippen molar-refractivity contribution in [2.45, 2.75) is 13.8 Å². The number of benzene rings is 2. The summed E-state index contributed by atoms with van der Waals surface area (Å²) in [7, 11) is 0. The fourth-order valence-corrected chi connectivity index (χ4v) is 1.91. The van der Waals surface area contributed by atoms with E-state index in [0.29, 0.717) is 17.1 Å². The number of hydrogen-bond donors (Lipinski definition) is 3. The third kappa shape index (κ3) is 5.39. The number of anilines is 3. The topological polar surface area (TPSA) is 70.2 Å². The van der Waals surface area contributed by atoms with Crippen LogP contribution in [0.1, 0.15) is 13.8 Å². The van der Waals surface area contributed by atoms with Crippen LogP contribution in [0.3, 0.4) is 0 Å². The Balaban J connectivity index is 1.88. The van der Waals surface area contributed by atoms with Crippen molar-refractivity contribution >= 4 is 28.9 Å². The Hall–Kier alpha value is -2.89. The van der Waals surface area contributed by atoms with Gasteiger partial charge in [-0.25, -0.2) is 4.39 Å². The molecule has 0 fully saturated rings. The van der Waals surface area contributed by atoms with Gasteiger partial charge in [0.15, 0.2) is 0 Å². The van der Waals surface area contributed by atoms with Gasteiger partial charge in [-0.3, -0.25) is 9.59 Å². The number of carbonyl (C=O) groups excluding carboxylic acids is 2. The van der Waals surface area contributed by atoms with Crippen LogP contribution in [0.15, 0.2) is 48.5 Å². The highest BCUT2D eigenvalue weighted by molar-refractivity contribution is 5.94. The zero-order chi connectivity index (χ0) is 17.5. The molecule has 0 atom stereocenters. The molecule has 0 aromatic heterocycles. The average Bonchev–Trinajstić information content (AvgIpc) is 2.55. The first-order valence-electron chi connectivity index (χ1n) is 7.64. The summed E-state index contributed by atoms with van der Waals surface area (Å²) in [6.45, 7) is 3.69. The van der Waals surface area contributed by atoms with Crippen molar-refractivity contribution in [2.24, 2.45) is 5.92 Å². The van der Waals surface area contributed by atoms with E-state index in [1.54, 1.807) is 24.3 Å². The van der Waals surface area contributed by atoms with Crippen molar-refractivity contribution in [3.05, 3.63) is 54.3 Å². The molecule has 0 aliphatic heterocycles. The minimum Gasteiger partial charge on any atom is -0.376 e. The fraction of sp³-hybridized carbons (Fsp3) is 0.222. The molecule has 0 radical (unpaired) electrons. The Morgan fingerprint density at radius 3 is 2.29 bits per heavy atom. The van der Waals surface area contributed by atoms with E-state index in [1.807, 2.05) is 13.8 Å². The van der Waals surface area contributed by atoms with Gasteiger partial charge in [-0.15, -0.1) is 0 Å². The summed E-state index contributed by atoms with van der Waals surface area (Å²) in [6, 6.07) is 12.7. The van der Waals surface area contributed by atoms with Crippen LogP contribution in [0.25, 0.3) is 0 Å². The van der Waals surface area contributed by atoms with Crippen LogP contribution >= 0.6 is 0 Å². The Labute approximate surface area is 140 Å². The van der Waals surface area contributed by atoms with Gasteiger partial charge in [0.05, 0.1) is 6.54 Å². The monoisotopic (exact) mass is 329 g/mol. The molecule has 0 spiro atoms. The lowest BCUT2D eigenvalue weighted by Gasteiger charge is -2.11. The summed E-state index contributed by atoms with van der Waals surface area (Å²) in [5, 5.41) is 8.44. The lowest BCUT2D eigenvalue weighted by molar-refractivity contribution is -0.119. The Bertz CT molecular complexity index is 714. The maximum absolute atomic E-state index is 12.8. The number of halogens is 1. The number of nitrogens with one attached hydrogen (secondary N) is 3. The SMILES string of the molecule is CC(C)C(=O)Nc1cccc(NCC(=O)Nc2ccc(F)cc2)c1. The number of rotatable bonds is 6. The van der Waals surface area contributed by atoms with E-state index < -0.39 is 0 Å². The van der Waals surface area contributed by atoms with Crippen LogP contribution in [0.2, 0.25) is 0 Å². The number of amides is 2. The van der Waals surface area contributed by atoms with Crippen molar-refractivity contribution < 1.29 is 14.0 Å². The highest BCUT2D eigenvalue weighted by Crippen LogP contribution is 2.16. The van der Waals surface area contributed by atoms with Crippen molar-refractivity contribution in [2.75, 3.05) is 22.5 Å². The van der Waals surface area contributed by atoms with Gasteiger partial charge >= 0.3 is 0 Å². The molecule has 0 heterocycles. The lowest BCUT2D eigenvalue weighted by atomic mass is 10.2. The molecule has 0 bridgehead atoms.